The van der Waals surface area contributed by atoms with Crippen LogP contribution in [0.5, 0.6) is 0 Å². The molecule has 5 heteroatoms. The first-order chi connectivity index (χ1) is 20.7. The molecule has 0 saturated carbocycles. The lowest BCUT2D eigenvalue weighted by molar-refractivity contribution is 0.621. The van der Waals surface area contributed by atoms with Gasteiger partial charge in [-0.2, -0.15) is 0 Å². The first-order valence-corrected chi connectivity index (χ1v) is 14.2. The van der Waals surface area contributed by atoms with Gasteiger partial charge in [-0.1, -0.05) is 116 Å². The van der Waals surface area contributed by atoms with E-state index in [0.29, 0.717) is 29.3 Å². The van der Waals surface area contributed by atoms with E-state index in [0.717, 1.165) is 61.3 Å². The van der Waals surface area contributed by atoms with Crippen molar-refractivity contribution in [2.24, 2.45) is 5.92 Å². The molecule has 0 N–H and O–H groups in total. The molecule has 5 aromatic carbocycles. The average Bonchev–Trinajstić information content (AvgIpc) is 3.48. The summed E-state index contributed by atoms with van der Waals surface area (Å²) in [6, 6.07) is 34.8. The Morgan fingerprint density at radius 1 is 0.595 bits per heavy atom. The third kappa shape index (κ3) is 4.10. The van der Waals surface area contributed by atoms with Crippen LogP contribution in [0.2, 0.25) is 0 Å². The fourth-order valence-corrected chi connectivity index (χ4v) is 5.90. The molecule has 0 saturated heterocycles. The van der Waals surface area contributed by atoms with Crippen LogP contribution in [0.3, 0.4) is 0 Å². The summed E-state index contributed by atoms with van der Waals surface area (Å²) in [6.07, 6.45) is 7.56. The summed E-state index contributed by atoms with van der Waals surface area (Å²) in [6.45, 7) is 2.21. The Labute approximate surface area is 242 Å². The first-order valence-electron chi connectivity index (χ1n) is 14.2. The van der Waals surface area contributed by atoms with Crippen molar-refractivity contribution in [3.8, 4) is 34.2 Å². The molecule has 1 unspecified atom stereocenters. The van der Waals surface area contributed by atoms with E-state index >= 15 is 0 Å². The predicted molar refractivity (Wildman–Crippen MR) is 170 cm³/mol. The van der Waals surface area contributed by atoms with Gasteiger partial charge in [-0.25, -0.2) is 19.9 Å². The van der Waals surface area contributed by atoms with Crippen molar-refractivity contribution in [1.29, 1.82) is 0 Å². The highest BCUT2D eigenvalue weighted by Crippen LogP contribution is 2.44. The predicted octanol–water partition coefficient (Wildman–Crippen LogP) is 9.30. The van der Waals surface area contributed by atoms with Gasteiger partial charge in [0.05, 0.1) is 5.56 Å². The van der Waals surface area contributed by atoms with E-state index in [1.54, 1.807) is 0 Å². The van der Waals surface area contributed by atoms with Crippen molar-refractivity contribution in [3.63, 3.8) is 0 Å². The fraction of sp³-hybridized carbons (Fsp3) is 0.0811. The molecule has 1 atom stereocenters. The first kappa shape index (κ1) is 24.4. The second-order valence-corrected chi connectivity index (χ2v) is 10.7. The van der Waals surface area contributed by atoms with Gasteiger partial charge in [-0.05, 0) is 46.0 Å². The number of hydrogen-bond acceptors (Lipinski definition) is 5. The average molecular weight is 543 g/mol. The van der Waals surface area contributed by atoms with Crippen molar-refractivity contribution < 1.29 is 4.42 Å². The maximum Gasteiger partial charge on any atom is 0.228 e. The summed E-state index contributed by atoms with van der Waals surface area (Å²) < 4.78 is 6.44. The van der Waals surface area contributed by atoms with Crippen LogP contribution >= 0.6 is 0 Å². The van der Waals surface area contributed by atoms with Gasteiger partial charge in [-0.15, -0.1) is 0 Å². The van der Waals surface area contributed by atoms with E-state index in [1.807, 2.05) is 54.6 Å². The SMILES string of the molecule is CC1C=C(c2nc(-c3ccccc3)nc(-c3c(-c4nc5ccccc5o4)c4ccccc4c4ccccc34)n2)C=CC1. The topological polar surface area (TPSA) is 64.7 Å². The number of nitrogens with zero attached hydrogens (tertiary/aromatic N) is 4. The molecule has 0 amide bonds. The summed E-state index contributed by atoms with van der Waals surface area (Å²) in [7, 11) is 0. The molecule has 1 aliphatic rings. The van der Waals surface area contributed by atoms with Crippen LogP contribution in [0, 0.1) is 5.92 Å². The highest BCUT2D eigenvalue weighted by atomic mass is 16.3. The fourth-order valence-electron chi connectivity index (χ4n) is 5.90. The van der Waals surface area contributed by atoms with E-state index in [-0.39, 0.29) is 0 Å². The van der Waals surface area contributed by atoms with Crippen LogP contribution in [0.1, 0.15) is 19.2 Å². The molecule has 2 heterocycles. The van der Waals surface area contributed by atoms with Crippen molar-refractivity contribution >= 4 is 38.2 Å². The van der Waals surface area contributed by atoms with Gasteiger partial charge in [0, 0.05) is 16.7 Å². The number of para-hydroxylation sites is 2. The van der Waals surface area contributed by atoms with E-state index in [2.05, 4.69) is 73.7 Å². The zero-order valence-electron chi connectivity index (χ0n) is 23.0. The second-order valence-electron chi connectivity index (χ2n) is 10.7. The molecule has 0 aliphatic heterocycles. The summed E-state index contributed by atoms with van der Waals surface area (Å²) in [4.78, 5) is 20.3. The summed E-state index contributed by atoms with van der Waals surface area (Å²) in [5.41, 5.74) is 5.24. The van der Waals surface area contributed by atoms with Gasteiger partial charge < -0.3 is 4.42 Å². The Morgan fingerprint density at radius 2 is 1.21 bits per heavy atom. The lowest BCUT2D eigenvalue weighted by atomic mass is 9.91. The lowest BCUT2D eigenvalue weighted by Crippen LogP contribution is -2.05. The van der Waals surface area contributed by atoms with E-state index in [9.17, 15) is 0 Å². The van der Waals surface area contributed by atoms with Crippen LogP contribution in [-0.4, -0.2) is 19.9 Å². The summed E-state index contributed by atoms with van der Waals surface area (Å²) in [5, 5.41) is 4.31. The minimum absolute atomic E-state index is 0.405. The van der Waals surface area contributed by atoms with E-state index in [1.165, 1.54) is 0 Å². The van der Waals surface area contributed by atoms with Crippen molar-refractivity contribution in [1.82, 2.24) is 19.9 Å². The molecule has 0 bridgehead atoms. The number of benzene rings is 5. The third-order valence-corrected chi connectivity index (χ3v) is 7.86. The largest absolute Gasteiger partial charge is 0.436 e. The molecule has 7 aromatic rings. The van der Waals surface area contributed by atoms with Gasteiger partial charge in [0.25, 0.3) is 0 Å². The number of fused-ring (bicyclic) bond motifs is 4. The zero-order valence-corrected chi connectivity index (χ0v) is 23.0. The molecular weight excluding hydrogens is 516 g/mol. The quantitative estimate of drug-likeness (QED) is 0.207. The molecule has 0 radical (unpaired) electrons. The Kier molecular flexibility index (Phi) is 5.74. The Hall–Kier alpha value is -5.42. The van der Waals surface area contributed by atoms with Crippen molar-refractivity contribution in [2.45, 2.75) is 13.3 Å². The highest BCUT2D eigenvalue weighted by Gasteiger charge is 2.24. The second kappa shape index (κ2) is 9.89. The van der Waals surface area contributed by atoms with Gasteiger partial charge in [0.2, 0.25) is 5.89 Å². The normalized spacial score (nSPS) is 15.0. The monoisotopic (exact) mass is 542 g/mol. The number of aromatic nitrogens is 4. The maximum absolute atomic E-state index is 6.44. The molecule has 2 aromatic heterocycles. The van der Waals surface area contributed by atoms with Gasteiger partial charge in [0.15, 0.2) is 23.1 Å². The number of allylic oxidation sites excluding steroid dienone is 4. The minimum Gasteiger partial charge on any atom is -0.436 e. The van der Waals surface area contributed by atoms with Crippen LogP contribution in [-0.2, 0) is 0 Å². The molecule has 0 fully saturated rings. The number of oxazole rings is 1. The zero-order chi connectivity index (χ0) is 28.0. The minimum atomic E-state index is 0.405. The standard InChI is InChI=1S/C37H26N4O/c1-23-12-11-15-25(22-23)35-39-34(24-13-3-2-4-14-24)40-36(41-35)32-28-18-7-5-16-26(28)27-17-6-8-19-29(27)33(32)37-38-30-20-9-10-21-31(30)42-37/h2-11,13-23H,12H2,1H3. The highest BCUT2D eigenvalue weighted by molar-refractivity contribution is 6.20. The molecule has 200 valence electrons. The van der Waals surface area contributed by atoms with Crippen LogP contribution < -0.4 is 0 Å². The number of rotatable bonds is 4. The van der Waals surface area contributed by atoms with Crippen LogP contribution in [0.4, 0.5) is 0 Å². The van der Waals surface area contributed by atoms with Crippen LogP contribution in [0.25, 0.3) is 72.4 Å². The molecular formula is C37H26N4O. The molecule has 1 aliphatic carbocycles. The van der Waals surface area contributed by atoms with Gasteiger partial charge >= 0.3 is 0 Å². The summed E-state index contributed by atoms with van der Waals surface area (Å²) >= 11 is 0. The maximum atomic E-state index is 6.44. The van der Waals surface area contributed by atoms with Crippen LogP contribution in [0.15, 0.2) is 126 Å². The Bertz CT molecular complexity index is 2160. The number of hydrogen-bond donors (Lipinski definition) is 0. The molecule has 8 rings (SSSR count). The molecule has 0 spiro atoms. The van der Waals surface area contributed by atoms with Crippen molar-refractivity contribution in [3.05, 3.63) is 127 Å². The van der Waals surface area contributed by atoms with Gasteiger partial charge in [0.1, 0.15) is 5.52 Å². The third-order valence-electron chi connectivity index (χ3n) is 7.86. The van der Waals surface area contributed by atoms with E-state index < -0.39 is 0 Å². The van der Waals surface area contributed by atoms with Gasteiger partial charge in [-0.3, -0.25) is 0 Å². The lowest BCUT2D eigenvalue weighted by Gasteiger charge is -2.17. The van der Waals surface area contributed by atoms with Crippen molar-refractivity contribution in [2.75, 3.05) is 0 Å². The summed E-state index contributed by atoms with van der Waals surface area (Å²) in [5.74, 6) is 2.82. The molecule has 5 nitrogen and oxygen atoms in total. The molecule has 42 heavy (non-hydrogen) atoms. The van der Waals surface area contributed by atoms with E-state index in [4.69, 9.17) is 24.4 Å². The smallest absolute Gasteiger partial charge is 0.228 e. The Morgan fingerprint density at radius 3 is 1.95 bits per heavy atom. The Balaban J connectivity index is 1.51.